The van der Waals surface area contributed by atoms with E-state index in [1.807, 2.05) is 0 Å². The van der Waals surface area contributed by atoms with Crippen molar-refractivity contribution < 1.29 is 0 Å². The third kappa shape index (κ3) is 3.09. The molecule has 1 aromatic heterocycles. The average molecular weight is 285 g/mol. The van der Waals surface area contributed by atoms with Crippen molar-refractivity contribution in [3.63, 3.8) is 0 Å². The van der Waals surface area contributed by atoms with Gasteiger partial charge in [0.15, 0.2) is 0 Å². The summed E-state index contributed by atoms with van der Waals surface area (Å²) in [5, 5.41) is 5.78. The van der Waals surface area contributed by atoms with Gasteiger partial charge in [-0.1, -0.05) is 42.1 Å². The van der Waals surface area contributed by atoms with Crippen LogP contribution in [-0.2, 0) is 6.42 Å². The van der Waals surface area contributed by atoms with Gasteiger partial charge < -0.3 is 0 Å². The molecule has 0 saturated heterocycles. The Hall–Kier alpha value is -0.310. The Morgan fingerprint density at radius 2 is 2.19 bits per heavy atom. The second-order valence-corrected chi connectivity index (χ2v) is 5.69. The molecule has 1 unspecified atom stereocenters. The lowest BCUT2D eigenvalue weighted by Crippen LogP contribution is -2.13. The average Bonchev–Trinajstić information content (AvgIpc) is 2.78. The van der Waals surface area contributed by atoms with Crippen molar-refractivity contribution in [3.8, 4) is 0 Å². The quantitative estimate of drug-likeness (QED) is 0.766. The molecule has 1 saturated carbocycles. The summed E-state index contributed by atoms with van der Waals surface area (Å²) >= 11 is 3.52. The van der Waals surface area contributed by atoms with Crippen LogP contribution in [0.25, 0.3) is 0 Å². The van der Waals surface area contributed by atoms with Gasteiger partial charge in [-0.3, -0.25) is 4.68 Å². The number of nitrogens with zero attached hydrogens (tertiary/aromatic N) is 2. The molecule has 0 aromatic carbocycles. The molecular formula is C13H21BrN2. The summed E-state index contributed by atoms with van der Waals surface area (Å²) in [6, 6.07) is 2.86. The Bertz CT molecular complexity index is 315. The Morgan fingerprint density at radius 3 is 2.88 bits per heavy atom. The van der Waals surface area contributed by atoms with Crippen molar-refractivity contribution in [3.05, 3.63) is 18.0 Å². The van der Waals surface area contributed by atoms with Crippen molar-refractivity contribution in [1.29, 1.82) is 0 Å². The van der Waals surface area contributed by atoms with E-state index in [9.17, 15) is 0 Å². The standard InChI is InChI=1S/C13H21BrN2/c1-11(10-14)9-12-7-8-16(15-12)13-5-3-2-4-6-13/h7-8,11,13H,2-6,9-10H2,1H3. The summed E-state index contributed by atoms with van der Waals surface area (Å²) in [6.07, 6.45) is 10.0. The van der Waals surface area contributed by atoms with Gasteiger partial charge in [0.2, 0.25) is 0 Å². The van der Waals surface area contributed by atoms with Crippen LogP contribution in [0.1, 0.15) is 50.8 Å². The van der Waals surface area contributed by atoms with Crippen LogP contribution in [0.5, 0.6) is 0 Å². The predicted octanol–water partition coefficient (Wildman–Crippen LogP) is 3.96. The third-order valence-electron chi connectivity index (χ3n) is 3.43. The van der Waals surface area contributed by atoms with Crippen LogP contribution in [0.2, 0.25) is 0 Å². The normalized spacial score (nSPS) is 19.9. The lowest BCUT2D eigenvalue weighted by molar-refractivity contribution is 0.327. The highest BCUT2D eigenvalue weighted by molar-refractivity contribution is 9.09. The van der Waals surface area contributed by atoms with Crippen molar-refractivity contribution in [2.24, 2.45) is 5.92 Å². The van der Waals surface area contributed by atoms with Gasteiger partial charge in [-0.05, 0) is 31.2 Å². The second-order valence-electron chi connectivity index (χ2n) is 5.04. The molecule has 1 aromatic rings. The SMILES string of the molecule is CC(CBr)Cc1ccn(C2CCCCC2)n1. The Balaban J connectivity index is 1.95. The van der Waals surface area contributed by atoms with E-state index in [4.69, 9.17) is 5.10 Å². The highest BCUT2D eigenvalue weighted by Gasteiger charge is 2.16. The smallest absolute Gasteiger partial charge is 0.0627 e. The fourth-order valence-corrected chi connectivity index (χ4v) is 2.68. The maximum absolute atomic E-state index is 4.72. The zero-order valence-electron chi connectivity index (χ0n) is 10.0. The monoisotopic (exact) mass is 284 g/mol. The maximum Gasteiger partial charge on any atom is 0.0627 e. The lowest BCUT2D eigenvalue weighted by atomic mass is 9.96. The van der Waals surface area contributed by atoms with E-state index < -0.39 is 0 Å². The highest BCUT2D eigenvalue weighted by atomic mass is 79.9. The summed E-state index contributed by atoms with van der Waals surface area (Å²) in [5.41, 5.74) is 1.25. The number of halogens is 1. The predicted molar refractivity (Wildman–Crippen MR) is 71.0 cm³/mol. The largest absolute Gasteiger partial charge is 0.269 e. The minimum Gasteiger partial charge on any atom is -0.269 e. The molecular weight excluding hydrogens is 264 g/mol. The summed E-state index contributed by atoms with van der Waals surface area (Å²) in [6.45, 7) is 2.26. The van der Waals surface area contributed by atoms with Crippen LogP contribution in [0.3, 0.4) is 0 Å². The van der Waals surface area contributed by atoms with Crippen molar-refractivity contribution in [2.75, 3.05) is 5.33 Å². The number of rotatable bonds is 4. The van der Waals surface area contributed by atoms with Gasteiger partial charge in [-0.25, -0.2) is 0 Å². The van der Waals surface area contributed by atoms with Gasteiger partial charge in [0, 0.05) is 11.5 Å². The van der Waals surface area contributed by atoms with E-state index in [1.54, 1.807) is 0 Å². The van der Waals surface area contributed by atoms with E-state index in [2.05, 4.69) is 39.8 Å². The first-order valence-corrected chi connectivity index (χ1v) is 7.51. The third-order valence-corrected chi connectivity index (χ3v) is 4.54. The molecule has 1 heterocycles. The van der Waals surface area contributed by atoms with Crippen LogP contribution in [0.15, 0.2) is 12.3 Å². The minimum atomic E-state index is 0.668. The van der Waals surface area contributed by atoms with Crippen LogP contribution in [0, 0.1) is 5.92 Å². The van der Waals surface area contributed by atoms with E-state index in [1.165, 1.54) is 37.8 Å². The van der Waals surface area contributed by atoms with E-state index in [0.29, 0.717) is 12.0 Å². The fraction of sp³-hybridized carbons (Fsp3) is 0.769. The first-order chi connectivity index (χ1) is 7.79. The molecule has 3 heteroatoms. The zero-order chi connectivity index (χ0) is 11.4. The molecule has 0 spiro atoms. The van der Waals surface area contributed by atoms with Gasteiger partial charge in [-0.15, -0.1) is 0 Å². The van der Waals surface area contributed by atoms with Crippen molar-refractivity contribution in [1.82, 2.24) is 9.78 Å². The topological polar surface area (TPSA) is 17.8 Å². The molecule has 16 heavy (non-hydrogen) atoms. The maximum atomic E-state index is 4.72. The first kappa shape index (κ1) is 12.2. The number of hydrogen-bond donors (Lipinski definition) is 0. The molecule has 0 amide bonds. The van der Waals surface area contributed by atoms with Crippen LogP contribution >= 0.6 is 15.9 Å². The first-order valence-electron chi connectivity index (χ1n) is 6.39. The van der Waals surface area contributed by atoms with E-state index in [-0.39, 0.29) is 0 Å². The molecule has 0 aliphatic heterocycles. The molecule has 1 atom stereocenters. The highest BCUT2D eigenvalue weighted by Crippen LogP contribution is 2.27. The number of aromatic nitrogens is 2. The number of hydrogen-bond acceptors (Lipinski definition) is 1. The molecule has 90 valence electrons. The summed E-state index contributed by atoms with van der Waals surface area (Å²) in [7, 11) is 0. The van der Waals surface area contributed by atoms with Crippen molar-refractivity contribution in [2.45, 2.75) is 51.5 Å². The fourth-order valence-electron chi connectivity index (χ4n) is 2.45. The van der Waals surface area contributed by atoms with Crippen LogP contribution < -0.4 is 0 Å². The molecule has 0 radical (unpaired) electrons. The molecule has 1 aliphatic carbocycles. The second kappa shape index (κ2) is 5.85. The van der Waals surface area contributed by atoms with E-state index in [0.717, 1.165) is 11.8 Å². The van der Waals surface area contributed by atoms with Crippen LogP contribution in [0.4, 0.5) is 0 Å². The van der Waals surface area contributed by atoms with Crippen molar-refractivity contribution >= 4 is 15.9 Å². The Morgan fingerprint density at radius 1 is 1.44 bits per heavy atom. The molecule has 0 N–H and O–H groups in total. The lowest BCUT2D eigenvalue weighted by Gasteiger charge is -2.21. The summed E-state index contributed by atoms with van der Waals surface area (Å²) < 4.78 is 2.20. The molecule has 0 bridgehead atoms. The van der Waals surface area contributed by atoms with Gasteiger partial charge in [0.25, 0.3) is 0 Å². The number of alkyl halides is 1. The van der Waals surface area contributed by atoms with E-state index >= 15 is 0 Å². The van der Waals surface area contributed by atoms with Gasteiger partial charge >= 0.3 is 0 Å². The van der Waals surface area contributed by atoms with Gasteiger partial charge in [-0.2, -0.15) is 5.10 Å². The molecule has 2 nitrogen and oxygen atoms in total. The molecule has 1 aliphatic rings. The van der Waals surface area contributed by atoms with Crippen LogP contribution in [-0.4, -0.2) is 15.1 Å². The minimum absolute atomic E-state index is 0.668. The molecule has 1 fully saturated rings. The summed E-state index contributed by atoms with van der Waals surface area (Å²) in [4.78, 5) is 0. The zero-order valence-corrected chi connectivity index (χ0v) is 11.6. The Kier molecular flexibility index (Phi) is 4.45. The molecule has 2 rings (SSSR count). The van der Waals surface area contributed by atoms with Gasteiger partial charge in [0.1, 0.15) is 0 Å². The van der Waals surface area contributed by atoms with Gasteiger partial charge in [0.05, 0.1) is 11.7 Å². The Labute approximate surface area is 107 Å². The summed E-state index contributed by atoms with van der Waals surface area (Å²) in [5.74, 6) is 0.676.